The molecule has 1 aromatic carbocycles. The van der Waals surface area contributed by atoms with E-state index in [1.807, 2.05) is 12.1 Å². The van der Waals surface area contributed by atoms with Crippen LogP contribution in [0.3, 0.4) is 0 Å². The maximum Gasteiger partial charge on any atom is 0.310 e. The number of carbonyl (C=O) groups is 1. The molecular formula is C18H21N3O5. The average molecular weight is 359 g/mol. The summed E-state index contributed by atoms with van der Waals surface area (Å²) in [5, 5.41) is 13.8. The molecule has 0 aliphatic carbocycles. The number of likely N-dealkylation sites (tertiary alicyclic amines) is 1. The van der Waals surface area contributed by atoms with Crippen molar-refractivity contribution in [3.05, 3.63) is 58.5 Å². The molecular weight excluding hydrogens is 338 g/mol. The number of amides is 1. The lowest BCUT2D eigenvalue weighted by atomic mass is 10.2. The lowest BCUT2D eigenvalue weighted by Gasteiger charge is -2.25. The van der Waals surface area contributed by atoms with E-state index in [1.54, 1.807) is 18.4 Å². The molecule has 26 heavy (non-hydrogen) atoms. The van der Waals surface area contributed by atoms with E-state index in [1.165, 1.54) is 12.1 Å². The fourth-order valence-corrected chi connectivity index (χ4v) is 3.08. The van der Waals surface area contributed by atoms with E-state index >= 15 is 0 Å². The summed E-state index contributed by atoms with van der Waals surface area (Å²) in [4.78, 5) is 24.8. The topological polar surface area (TPSA) is 97.8 Å². The van der Waals surface area contributed by atoms with Crippen LogP contribution in [-0.2, 0) is 4.79 Å². The summed E-state index contributed by atoms with van der Waals surface area (Å²) >= 11 is 0. The van der Waals surface area contributed by atoms with Crippen LogP contribution in [-0.4, -0.2) is 42.0 Å². The van der Waals surface area contributed by atoms with Crippen LogP contribution in [0.4, 0.5) is 5.69 Å². The summed E-state index contributed by atoms with van der Waals surface area (Å²) in [6, 6.07) is 9.70. The predicted octanol–water partition coefficient (Wildman–Crippen LogP) is 2.52. The second-order valence-electron chi connectivity index (χ2n) is 6.09. The number of hydrogen-bond acceptors (Lipinski definition) is 6. The van der Waals surface area contributed by atoms with Crippen molar-refractivity contribution >= 4 is 11.6 Å². The Balaban J connectivity index is 1.55. The highest BCUT2D eigenvalue weighted by Gasteiger charge is 2.26. The monoisotopic (exact) mass is 359 g/mol. The first-order chi connectivity index (χ1) is 12.6. The van der Waals surface area contributed by atoms with Gasteiger partial charge in [-0.05, 0) is 44.1 Å². The minimum absolute atomic E-state index is 0.0255. The van der Waals surface area contributed by atoms with Crippen molar-refractivity contribution < 1.29 is 18.9 Å². The van der Waals surface area contributed by atoms with Crippen molar-refractivity contribution in [1.29, 1.82) is 0 Å². The summed E-state index contributed by atoms with van der Waals surface area (Å²) in [7, 11) is 0. The van der Waals surface area contributed by atoms with Gasteiger partial charge < -0.3 is 14.5 Å². The lowest BCUT2D eigenvalue weighted by Crippen LogP contribution is -2.38. The lowest BCUT2D eigenvalue weighted by molar-refractivity contribution is -0.385. The molecule has 1 N–H and O–H groups in total. The van der Waals surface area contributed by atoms with E-state index in [0.717, 1.165) is 31.7 Å². The van der Waals surface area contributed by atoms with Crippen molar-refractivity contribution in [3.8, 4) is 5.75 Å². The molecule has 1 fully saturated rings. The van der Waals surface area contributed by atoms with Crippen molar-refractivity contribution in [2.24, 2.45) is 0 Å². The summed E-state index contributed by atoms with van der Waals surface area (Å²) in [6.07, 6.45) is 3.88. The van der Waals surface area contributed by atoms with E-state index in [0.29, 0.717) is 6.54 Å². The normalized spacial score (nSPS) is 15.5. The minimum atomic E-state index is -0.534. The molecule has 0 bridgehead atoms. The zero-order valence-electron chi connectivity index (χ0n) is 14.3. The molecule has 1 atom stereocenters. The van der Waals surface area contributed by atoms with Crippen LogP contribution in [0.5, 0.6) is 5.75 Å². The Hall–Kier alpha value is -2.87. The molecule has 0 spiro atoms. The van der Waals surface area contributed by atoms with Gasteiger partial charge in [0, 0.05) is 12.6 Å². The zero-order valence-corrected chi connectivity index (χ0v) is 14.3. The molecule has 8 nitrogen and oxygen atoms in total. The third-order valence-corrected chi connectivity index (χ3v) is 4.37. The first-order valence-electron chi connectivity index (χ1n) is 8.55. The van der Waals surface area contributed by atoms with Crippen LogP contribution in [0, 0.1) is 10.1 Å². The highest BCUT2D eigenvalue weighted by molar-refractivity contribution is 5.77. The van der Waals surface area contributed by atoms with Gasteiger partial charge in [0.15, 0.2) is 12.4 Å². The Labute approximate surface area is 150 Å². The Kier molecular flexibility index (Phi) is 5.85. The first kappa shape index (κ1) is 17.9. The number of ether oxygens (including phenoxy) is 1. The van der Waals surface area contributed by atoms with Crippen molar-refractivity contribution in [1.82, 2.24) is 10.2 Å². The molecule has 3 rings (SSSR count). The molecule has 1 aliphatic heterocycles. The van der Waals surface area contributed by atoms with E-state index in [4.69, 9.17) is 9.15 Å². The molecule has 0 saturated carbocycles. The van der Waals surface area contributed by atoms with Gasteiger partial charge in [-0.2, -0.15) is 0 Å². The Bertz CT molecular complexity index is 741. The maximum atomic E-state index is 12.1. The van der Waals surface area contributed by atoms with Gasteiger partial charge in [-0.1, -0.05) is 12.1 Å². The van der Waals surface area contributed by atoms with Gasteiger partial charge >= 0.3 is 5.69 Å². The number of nitro groups is 1. The summed E-state index contributed by atoms with van der Waals surface area (Å²) < 4.78 is 10.8. The molecule has 1 aromatic heterocycles. The van der Waals surface area contributed by atoms with E-state index in [2.05, 4.69) is 10.2 Å². The standard InChI is InChI=1S/C18H21N3O5/c22-18(13-26-16-7-2-1-6-14(16)21(23)24)19-12-15(17-8-5-11-25-17)20-9-3-4-10-20/h1-2,5-8,11,15H,3-4,9-10,12-13H2,(H,19,22)/t15-/m1/s1. The number of benzene rings is 1. The Morgan fingerprint density at radius 2 is 2.04 bits per heavy atom. The molecule has 2 aromatic rings. The van der Waals surface area contributed by atoms with Crippen LogP contribution in [0.25, 0.3) is 0 Å². The number of nitro benzene ring substituents is 1. The highest BCUT2D eigenvalue weighted by atomic mass is 16.6. The molecule has 0 unspecified atom stereocenters. The molecule has 1 aliphatic rings. The number of carbonyl (C=O) groups excluding carboxylic acids is 1. The predicted molar refractivity (Wildman–Crippen MR) is 93.9 cm³/mol. The number of rotatable bonds is 8. The Morgan fingerprint density at radius 1 is 1.27 bits per heavy atom. The second kappa shape index (κ2) is 8.48. The fourth-order valence-electron chi connectivity index (χ4n) is 3.08. The number of nitrogens with zero attached hydrogens (tertiary/aromatic N) is 2. The van der Waals surface area contributed by atoms with Crippen LogP contribution in [0.2, 0.25) is 0 Å². The first-order valence-corrected chi connectivity index (χ1v) is 8.55. The number of nitrogens with one attached hydrogen (secondary N) is 1. The molecule has 0 radical (unpaired) electrons. The van der Waals surface area contributed by atoms with Gasteiger partial charge in [0.25, 0.3) is 5.91 Å². The van der Waals surface area contributed by atoms with Gasteiger partial charge in [0.2, 0.25) is 0 Å². The largest absolute Gasteiger partial charge is 0.477 e. The van der Waals surface area contributed by atoms with Gasteiger partial charge in [-0.15, -0.1) is 0 Å². The van der Waals surface area contributed by atoms with E-state index in [9.17, 15) is 14.9 Å². The minimum Gasteiger partial charge on any atom is -0.477 e. The summed E-state index contributed by atoms with van der Waals surface area (Å²) in [5.74, 6) is 0.556. The van der Waals surface area contributed by atoms with Crippen LogP contribution in [0.15, 0.2) is 47.1 Å². The number of hydrogen-bond donors (Lipinski definition) is 1. The molecule has 1 amide bonds. The summed E-state index contributed by atoms with van der Waals surface area (Å²) in [6.45, 7) is 2.05. The smallest absolute Gasteiger partial charge is 0.310 e. The van der Waals surface area contributed by atoms with E-state index < -0.39 is 4.92 Å². The quantitative estimate of drug-likeness (QED) is 0.574. The number of furan rings is 1. The van der Waals surface area contributed by atoms with Gasteiger partial charge in [0.1, 0.15) is 5.76 Å². The molecule has 1 saturated heterocycles. The fraction of sp³-hybridized carbons (Fsp3) is 0.389. The average Bonchev–Trinajstić information content (AvgIpc) is 3.35. The van der Waals surface area contributed by atoms with E-state index in [-0.39, 0.29) is 30.0 Å². The summed E-state index contributed by atoms with van der Waals surface area (Å²) in [5.41, 5.74) is -0.161. The van der Waals surface area contributed by atoms with Gasteiger partial charge in [0.05, 0.1) is 17.2 Å². The van der Waals surface area contributed by atoms with Crippen molar-refractivity contribution in [2.45, 2.75) is 18.9 Å². The number of para-hydroxylation sites is 2. The van der Waals surface area contributed by atoms with Crippen molar-refractivity contribution in [2.75, 3.05) is 26.2 Å². The molecule has 8 heteroatoms. The third kappa shape index (κ3) is 4.40. The van der Waals surface area contributed by atoms with Crippen LogP contribution < -0.4 is 10.1 Å². The van der Waals surface area contributed by atoms with Gasteiger partial charge in [-0.25, -0.2) is 0 Å². The van der Waals surface area contributed by atoms with Crippen LogP contribution >= 0.6 is 0 Å². The molecule has 138 valence electrons. The maximum absolute atomic E-state index is 12.1. The van der Waals surface area contributed by atoms with Crippen molar-refractivity contribution in [3.63, 3.8) is 0 Å². The second-order valence-corrected chi connectivity index (χ2v) is 6.09. The highest BCUT2D eigenvalue weighted by Crippen LogP contribution is 2.26. The SMILES string of the molecule is O=C(COc1ccccc1[N+](=O)[O-])NC[C@H](c1ccco1)N1CCCC1. The third-order valence-electron chi connectivity index (χ3n) is 4.37. The Morgan fingerprint density at radius 3 is 2.73 bits per heavy atom. The zero-order chi connectivity index (χ0) is 18.4. The molecule has 2 heterocycles. The van der Waals surface area contributed by atoms with Gasteiger partial charge in [-0.3, -0.25) is 19.8 Å². The van der Waals surface area contributed by atoms with Crippen LogP contribution in [0.1, 0.15) is 24.6 Å².